The molecule has 0 aliphatic carbocycles. The molecule has 0 fully saturated rings. The average molecular weight is 484 g/mol. The van der Waals surface area contributed by atoms with Crippen molar-refractivity contribution >= 4 is 45.5 Å². The molecule has 0 atom stereocenters. The first-order valence-corrected chi connectivity index (χ1v) is 11.7. The lowest BCUT2D eigenvalue weighted by molar-refractivity contribution is -0.115. The van der Waals surface area contributed by atoms with Crippen LogP contribution < -0.4 is 10.1 Å². The molecule has 0 unspecified atom stereocenters. The maximum atomic E-state index is 12.8. The van der Waals surface area contributed by atoms with Crippen LogP contribution >= 0.6 is 22.9 Å². The van der Waals surface area contributed by atoms with E-state index in [4.69, 9.17) is 21.1 Å². The van der Waals surface area contributed by atoms with E-state index in [2.05, 4.69) is 10.3 Å². The van der Waals surface area contributed by atoms with Crippen LogP contribution in [0.3, 0.4) is 0 Å². The number of hydrogen-bond donors (Lipinski definition) is 1. The summed E-state index contributed by atoms with van der Waals surface area (Å²) in [6.45, 7) is 4.47. The predicted octanol–water partition coefficient (Wildman–Crippen LogP) is 5.47. The van der Waals surface area contributed by atoms with Gasteiger partial charge in [0.1, 0.15) is 22.0 Å². The van der Waals surface area contributed by atoms with Gasteiger partial charge in [0, 0.05) is 23.3 Å². The van der Waals surface area contributed by atoms with Crippen LogP contribution in [0.1, 0.15) is 29.9 Å². The number of pyridine rings is 1. The molecule has 3 aromatic heterocycles. The van der Waals surface area contributed by atoms with Gasteiger partial charge in [-0.05, 0) is 43.7 Å². The summed E-state index contributed by atoms with van der Waals surface area (Å²) in [5.41, 5.74) is 3.15. The van der Waals surface area contributed by atoms with Gasteiger partial charge in [-0.1, -0.05) is 23.7 Å². The summed E-state index contributed by atoms with van der Waals surface area (Å²) >= 11 is 7.29. The highest BCUT2D eigenvalue weighted by atomic mass is 35.5. The highest BCUT2D eigenvalue weighted by molar-refractivity contribution is 7.15. The fraction of sp³-hybridized carbons (Fsp3) is 0.208. The van der Waals surface area contributed by atoms with Crippen molar-refractivity contribution in [1.29, 1.82) is 0 Å². The van der Waals surface area contributed by atoms with E-state index in [1.165, 1.54) is 11.3 Å². The van der Waals surface area contributed by atoms with Gasteiger partial charge in [0.05, 0.1) is 30.4 Å². The Morgan fingerprint density at radius 1 is 1.09 bits per heavy atom. The van der Waals surface area contributed by atoms with Gasteiger partial charge in [0.25, 0.3) is 0 Å². The van der Waals surface area contributed by atoms with Crippen molar-refractivity contribution in [3.05, 3.63) is 70.5 Å². The van der Waals surface area contributed by atoms with E-state index in [0.29, 0.717) is 39.1 Å². The molecule has 1 amide bonds. The number of esters is 1. The Kier molecular flexibility index (Phi) is 6.96. The first-order chi connectivity index (χ1) is 16.0. The summed E-state index contributed by atoms with van der Waals surface area (Å²) in [6.07, 6.45) is 3.54. The van der Waals surface area contributed by atoms with Gasteiger partial charge in [-0.15, -0.1) is 11.3 Å². The van der Waals surface area contributed by atoms with Crippen molar-refractivity contribution in [2.45, 2.75) is 20.3 Å². The minimum atomic E-state index is -0.486. The number of aromatic nitrogens is 2. The second-order valence-corrected chi connectivity index (χ2v) is 8.42. The average Bonchev–Trinajstić information content (AvgIpc) is 3.37. The number of hydrogen-bond acceptors (Lipinski definition) is 6. The van der Waals surface area contributed by atoms with E-state index < -0.39 is 5.97 Å². The predicted molar refractivity (Wildman–Crippen MR) is 129 cm³/mol. The van der Waals surface area contributed by atoms with Gasteiger partial charge in [0.15, 0.2) is 0 Å². The molecule has 0 aliphatic heterocycles. The van der Waals surface area contributed by atoms with Crippen LogP contribution in [0, 0.1) is 0 Å². The van der Waals surface area contributed by atoms with Crippen molar-refractivity contribution in [2.75, 3.05) is 18.5 Å². The lowest BCUT2D eigenvalue weighted by Gasteiger charge is -2.09. The molecule has 33 heavy (non-hydrogen) atoms. The lowest BCUT2D eigenvalue weighted by Crippen LogP contribution is -2.16. The number of carbonyl (C=O) groups excluding carboxylic acids is 2. The fourth-order valence-corrected chi connectivity index (χ4v) is 4.55. The summed E-state index contributed by atoms with van der Waals surface area (Å²) in [6, 6.07) is 11.0. The van der Waals surface area contributed by atoms with E-state index in [9.17, 15) is 9.59 Å². The Morgan fingerprint density at radius 2 is 1.88 bits per heavy atom. The van der Waals surface area contributed by atoms with Crippen LogP contribution in [-0.2, 0) is 16.0 Å². The maximum Gasteiger partial charge on any atom is 0.341 e. The van der Waals surface area contributed by atoms with Gasteiger partial charge in [-0.3, -0.25) is 4.79 Å². The molecule has 170 valence electrons. The summed E-state index contributed by atoms with van der Waals surface area (Å²) in [5.74, 6) is -0.0214. The normalized spacial score (nSPS) is 10.9. The molecule has 0 bridgehead atoms. The molecule has 7 nitrogen and oxygen atoms in total. The minimum absolute atomic E-state index is 0.0534. The summed E-state index contributed by atoms with van der Waals surface area (Å²) in [7, 11) is 0. The number of carbonyl (C=O) groups is 2. The molecular weight excluding hydrogens is 462 g/mol. The largest absolute Gasteiger partial charge is 0.494 e. The number of benzene rings is 1. The zero-order valence-electron chi connectivity index (χ0n) is 18.1. The van der Waals surface area contributed by atoms with Gasteiger partial charge in [-0.25, -0.2) is 9.78 Å². The Hall–Kier alpha value is -3.36. The molecule has 0 spiro atoms. The molecule has 0 saturated carbocycles. The van der Waals surface area contributed by atoms with Crippen LogP contribution in [0.15, 0.2) is 54.2 Å². The molecule has 1 aromatic carbocycles. The van der Waals surface area contributed by atoms with Crippen molar-refractivity contribution in [3.8, 4) is 16.9 Å². The van der Waals surface area contributed by atoms with Crippen molar-refractivity contribution in [2.24, 2.45) is 0 Å². The number of anilines is 1. The number of imidazole rings is 1. The quantitative estimate of drug-likeness (QED) is 0.336. The number of halogens is 1. The third-order valence-electron chi connectivity index (χ3n) is 4.81. The smallest absolute Gasteiger partial charge is 0.341 e. The number of thiophene rings is 1. The van der Waals surface area contributed by atoms with Crippen LogP contribution in [0.2, 0.25) is 5.02 Å². The summed E-state index contributed by atoms with van der Waals surface area (Å²) < 4.78 is 12.5. The van der Waals surface area contributed by atoms with E-state index >= 15 is 0 Å². The van der Waals surface area contributed by atoms with Crippen molar-refractivity contribution in [1.82, 2.24) is 9.38 Å². The molecule has 0 aliphatic rings. The van der Waals surface area contributed by atoms with E-state index in [-0.39, 0.29) is 18.9 Å². The Balaban J connectivity index is 1.58. The first kappa shape index (κ1) is 22.8. The zero-order chi connectivity index (χ0) is 23.4. The monoisotopic (exact) mass is 483 g/mol. The second kappa shape index (κ2) is 10.1. The standard InChI is InChI=1S/C24H22ClN3O4S/c1-3-31-18-8-5-15(6-9-18)19-14-33-23(22(19)24(30)32-4-2)27-21(29)11-17-13-28-12-16(25)7-10-20(28)26-17/h5-10,12-14H,3-4,11H2,1-2H3,(H,27,29). The van der Waals surface area contributed by atoms with Crippen LogP contribution in [-0.4, -0.2) is 34.5 Å². The van der Waals surface area contributed by atoms with Crippen molar-refractivity contribution < 1.29 is 19.1 Å². The van der Waals surface area contributed by atoms with E-state index in [1.807, 2.05) is 36.6 Å². The maximum absolute atomic E-state index is 12.8. The summed E-state index contributed by atoms with van der Waals surface area (Å²) in [4.78, 5) is 30.0. The molecule has 3 heterocycles. The Morgan fingerprint density at radius 3 is 2.61 bits per heavy atom. The highest BCUT2D eigenvalue weighted by Crippen LogP contribution is 2.37. The molecular formula is C24H22ClN3O4S. The number of nitrogens with zero attached hydrogens (tertiary/aromatic N) is 2. The summed E-state index contributed by atoms with van der Waals surface area (Å²) in [5, 5.41) is 5.71. The third-order valence-corrected chi connectivity index (χ3v) is 5.93. The number of nitrogens with one attached hydrogen (secondary N) is 1. The van der Waals surface area contributed by atoms with Crippen LogP contribution in [0.25, 0.3) is 16.8 Å². The zero-order valence-corrected chi connectivity index (χ0v) is 19.7. The molecule has 9 heteroatoms. The van der Waals surface area contributed by atoms with E-state index in [0.717, 1.165) is 11.3 Å². The number of ether oxygens (including phenoxy) is 2. The molecule has 0 saturated heterocycles. The molecule has 0 radical (unpaired) electrons. The number of fused-ring (bicyclic) bond motifs is 1. The Bertz CT molecular complexity index is 1300. The fourth-order valence-electron chi connectivity index (χ4n) is 3.40. The number of rotatable bonds is 8. The topological polar surface area (TPSA) is 81.9 Å². The van der Waals surface area contributed by atoms with Gasteiger partial charge < -0.3 is 19.2 Å². The van der Waals surface area contributed by atoms with Gasteiger partial charge in [-0.2, -0.15) is 0 Å². The first-order valence-electron chi connectivity index (χ1n) is 10.4. The van der Waals surface area contributed by atoms with E-state index in [1.54, 1.807) is 35.9 Å². The Labute approximate surface area is 199 Å². The lowest BCUT2D eigenvalue weighted by atomic mass is 10.0. The molecule has 4 rings (SSSR count). The highest BCUT2D eigenvalue weighted by Gasteiger charge is 2.23. The van der Waals surface area contributed by atoms with Gasteiger partial charge in [0.2, 0.25) is 5.91 Å². The molecule has 4 aromatic rings. The third kappa shape index (κ3) is 5.18. The SMILES string of the molecule is CCOC(=O)c1c(-c2ccc(OCC)cc2)csc1NC(=O)Cc1cn2cc(Cl)ccc2n1. The number of amides is 1. The van der Waals surface area contributed by atoms with Crippen molar-refractivity contribution in [3.63, 3.8) is 0 Å². The molecule has 1 N–H and O–H groups in total. The second-order valence-electron chi connectivity index (χ2n) is 7.10. The minimum Gasteiger partial charge on any atom is -0.494 e. The van der Waals surface area contributed by atoms with Crippen LogP contribution in [0.5, 0.6) is 5.75 Å². The van der Waals surface area contributed by atoms with Crippen LogP contribution in [0.4, 0.5) is 5.00 Å². The van der Waals surface area contributed by atoms with Gasteiger partial charge >= 0.3 is 5.97 Å².